The molecule has 0 saturated heterocycles. The topological polar surface area (TPSA) is 67.6 Å². The van der Waals surface area contributed by atoms with E-state index in [0.717, 1.165) is 12.5 Å². The Morgan fingerprint density at radius 3 is 2.62 bits per heavy atom. The first-order chi connectivity index (χ1) is 7.76. The van der Waals surface area contributed by atoms with Crippen molar-refractivity contribution in [1.29, 1.82) is 0 Å². The first kappa shape index (κ1) is 11.8. The van der Waals surface area contributed by atoms with E-state index in [1.54, 1.807) is 7.11 Å². The number of nitrogens with one attached hydrogen (secondary N) is 1. The van der Waals surface area contributed by atoms with E-state index < -0.39 is 0 Å². The third-order valence-corrected chi connectivity index (χ3v) is 3.35. The Kier molecular flexibility index (Phi) is 3.78. The Balaban J connectivity index is 1.97. The predicted molar refractivity (Wildman–Crippen MR) is 60.4 cm³/mol. The average molecular weight is 227 g/mol. The Labute approximate surface area is 96.3 Å². The molecule has 0 aliphatic heterocycles. The summed E-state index contributed by atoms with van der Waals surface area (Å²) in [6.45, 7) is 1.44. The van der Waals surface area contributed by atoms with Gasteiger partial charge in [-0.05, 0) is 31.6 Å². The minimum Gasteiger partial charge on any atom is -0.383 e. The van der Waals surface area contributed by atoms with Gasteiger partial charge < -0.3 is 4.74 Å². The van der Waals surface area contributed by atoms with Gasteiger partial charge in [-0.1, -0.05) is 0 Å². The highest BCUT2D eigenvalue weighted by molar-refractivity contribution is 5.81. The van der Waals surface area contributed by atoms with Crippen LogP contribution in [0.15, 0.2) is 0 Å². The van der Waals surface area contributed by atoms with Crippen molar-refractivity contribution < 1.29 is 9.53 Å². The minimum atomic E-state index is -0.219. The van der Waals surface area contributed by atoms with Gasteiger partial charge in [0.05, 0.1) is 6.61 Å². The van der Waals surface area contributed by atoms with Crippen molar-refractivity contribution in [3.8, 4) is 0 Å². The number of hydrazine groups is 1. The molecular weight excluding hydrogens is 206 g/mol. The minimum absolute atomic E-state index is 0.130. The van der Waals surface area contributed by atoms with Crippen LogP contribution in [0.25, 0.3) is 0 Å². The Morgan fingerprint density at radius 1 is 1.50 bits per heavy atom. The Morgan fingerprint density at radius 2 is 2.19 bits per heavy atom. The number of hydrogen-bond acceptors (Lipinski definition) is 4. The van der Waals surface area contributed by atoms with Crippen molar-refractivity contribution in [2.75, 3.05) is 20.3 Å². The SMILES string of the molecule is COCC(C(=O)NN)N(CC1CC1)C1CC1. The van der Waals surface area contributed by atoms with Gasteiger partial charge in [0.25, 0.3) is 5.91 Å². The zero-order chi connectivity index (χ0) is 11.5. The summed E-state index contributed by atoms with van der Waals surface area (Å²) in [7, 11) is 1.62. The zero-order valence-electron chi connectivity index (χ0n) is 9.82. The molecule has 0 radical (unpaired) electrons. The number of ether oxygens (including phenoxy) is 1. The van der Waals surface area contributed by atoms with Crippen molar-refractivity contribution in [3.63, 3.8) is 0 Å². The molecule has 5 nitrogen and oxygen atoms in total. The van der Waals surface area contributed by atoms with Crippen molar-refractivity contribution in [2.24, 2.45) is 11.8 Å². The van der Waals surface area contributed by atoms with E-state index in [-0.39, 0.29) is 11.9 Å². The molecule has 0 aromatic heterocycles. The highest BCUT2D eigenvalue weighted by atomic mass is 16.5. The van der Waals surface area contributed by atoms with Crippen LogP contribution in [0.3, 0.4) is 0 Å². The summed E-state index contributed by atoms with van der Waals surface area (Å²) in [6, 6.07) is 0.348. The zero-order valence-corrected chi connectivity index (χ0v) is 9.82. The van der Waals surface area contributed by atoms with Crippen LogP contribution in [0, 0.1) is 5.92 Å². The van der Waals surface area contributed by atoms with Crippen LogP contribution in [-0.4, -0.2) is 43.2 Å². The summed E-state index contributed by atoms with van der Waals surface area (Å²) in [4.78, 5) is 14.0. The van der Waals surface area contributed by atoms with Gasteiger partial charge in [-0.2, -0.15) is 0 Å². The van der Waals surface area contributed by atoms with Crippen molar-refractivity contribution >= 4 is 5.91 Å². The van der Waals surface area contributed by atoms with E-state index in [0.29, 0.717) is 12.6 Å². The molecule has 2 saturated carbocycles. The Hall–Kier alpha value is -0.650. The summed E-state index contributed by atoms with van der Waals surface area (Å²) < 4.78 is 5.13. The van der Waals surface area contributed by atoms with E-state index in [1.807, 2.05) is 0 Å². The van der Waals surface area contributed by atoms with Gasteiger partial charge in [-0.3, -0.25) is 15.1 Å². The van der Waals surface area contributed by atoms with Crippen LogP contribution in [0.4, 0.5) is 0 Å². The van der Waals surface area contributed by atoms with Crippen LogP contribution in [0.2, 0.25) is 0 Å². The normalized spacial score (nSPS) is 22.2. The highest BCUT2D eigenvalue weighted by Gasteiger charge is 2.39. The number of rotatable bonds is 7. The largest absolute Gasteiger partial charge is 0.383 e. The number of methoxy groups -OCH3 is 1. The quantitative estimate of drug-likeness (QED) is 0.361. The molecule has 1 unspecified atom stereocenters. The molecule has 0 spiro atoms. The van der Waals surface area contributed by atoms with Gasteiger partial charge in [0.15, 0.2) is 0 Å². The predicted octanol–water partition coefficient (Wildman–Crippen LogP) is -0.134. The molecule has 2 fully saturated rings. The number of amides is 1. The van der Waals surface area contributed by atoms with Crippen LogP contribution in [-0.2, 0) is 9.53 Å². The highest BCUT2D eigenvalue weighted by Crippen LogP contribution is 2.36. The lowest BCUT2D eigenvalue weighted by Crippen LogP contribution is -2.52. The molecule has 2 rings (SSSR count). The standard InChI is InChI=1S/C11H21N3O2/c1-16-7-10(11(15)13-12)14(9-4-5-9)6-8-2-3-8/h8-10H,2-7,12H2,1H3,(H,13,15). The molecule has 5 heteroatoms. The number of hydrogen-bond donors (Lipinski definition) is 2. The van der Waals surface area contributed by atoms with Crippen molar-refractivity contribution in [3.05, 3.63) is 0 Å². The number of carbonyl (C=O) groups excluding carboxylic acids is 1. The number of nitrogens with zero attached hydrogens (tertiary/aromatic N) is 1. The molecule has 0 bridgehead atoms. The third-order valence-electron chi connectivity index (χ3n) is 3.35. The van der Waals surface area contributed by atoms with Crippen LogP contribution in [0.5, 0.6) is 0 Å². The van der Waals surface area contributed by atoms with Gasteiger partial charge in [0, 0.05) is 19.7 Å². The molecular formula is C11H21N3O2. The van der Waals surface area contributed by atoms with Gasteiger partial charge in [0.2, 0.25) is 0 Å². The molecule has 3 N–H and O–H groups in total. The molecule has 16 heavy (non-hydrogen) atoms. The van der Waals surface area contributed by atoms with Crippen LogP contribution >= 0.6 is 0 Å². The fraction of sp³-hybridized carbons (Fsp3) is 0.909. The van der Waals surface area contributed by atoms with E-state index in [1.165, 1.54) is 25.7 Å². The van der Waals surface area contributed by atoms with Gasteiger partial charge in [-0.15, -0.1) is 0 Å². The summed E-state index contributed by atoms with van der Waals surface area (Å²) >= 11 is 0. The summed E-state index contributed by atoms with van der Waals surface area (Å²) in [5, 5.41) is 0. The second-order valence-corrected chi connectivity index (χ2v) is 4.85. The maximum absolute atomic E-state index is 11.7. The molecule has 2 aliphatic carbocycles. The molecule has 0 aromatic carbocycles. The molecule has 0 heterocycles. The van der Waals surface area contributed by atoms with E-state index >= 15 is 0 Å². The van der Waals surface area contributed by atoms with Crippen LogP contribution in [0.1, 0.15) is 25.7 Å². The third kappa shape index (κ3) is 2.93. The summed E-state index contributed by atoms with van der Waals surface area (Å²) in [5.41, 5.74) is 2.25. The fourth-order valence-electron chi connectivity index (χ4n) is 2.11. The lowest BCUT2D eigenvalue weighted by atomic mass is 10.2. The second-order valence-electron chi connectivity index (χ2n) is 4.85. The lowest BCUT2D eigenvalue weighted by Gasteiger charge is -2.29. The maximum atomic E-state index is 11.7. The Bertz CT molecular complexity index is 252. The molecule has 1 amide bonds. The van der Waals surface area contributed by atoms with E-state index in [2.05, 4.69) is 10.3 Å². The molecule has 92 valence electrons. The van der Waals surface area contributed by atoms with Gasteiger partial charge in [-0.25, -0.2) is 5.84 Å². The summed E-state index contributed by atoms with van der Waals surface area (Å²) in [5.74, 6) is 5.88. The number of carbonyl (C=O) groups is 1. The smallest absolute Gasteiger partial charge is 0.253 e. The van der Waals surface area contributed by atoms with Crippen LogP contribution < -0.4 is 11.3 Å². The maximum Gasteiger partial charge on any atom is 0.253 e. The van der Waals surface area contributed by atoms with E-state index in [9.17, 15) is 4.79 Å². The fourth-order valence-corrected chi connectivity index (χ4v) is 2.11. The first-order valence-corrected chi connectivity index (χ1v) is 6.01. The lowest BCUT2D eigenvalue weighted by molar-refractivity contribution is -0.128. The number of nitrogens with two attached hydrogens (primary N) is 1. The molecule has 2 aliphatic rings. The van der Waals surface area contributed by atoms with Gasteiger partial charge >= 0.3 is 0 Å². The van der Waals surface area contributed by atoms with Gasteiger partial charge in [0.1, 0.15) is 6.04 Å². The van der Waals surface area contributed by atoms with E-state index in [4.69, 9.17) is 10.6 Å². The average Bonchev–Trinajstić information content (AvgIpc) is 3.15. The van der Waals surface area contributed by atoms with Crippen molar-refractivity contribution in [2.45, 2.75) is 37.8 Å². The first-order valence-electron chi connectivity index (χ1n) is 6.01. The van der Waals surface area contributed by atoms with Crippen molar-refractivity contribution in [1.82, 2.24) is 10.3 Å². The monoisotopic (exact) mass is 227 g/mol. The second kappa shape index (κ2) is 5.12. The summed E-state index contributed by atoms with van der Waals surface area (Å²) in [6.07, 6.45) is 5.00. The molecule has 1 atom stereocenters. The molecule has 0 aromatic rings.